The summed E-state index contributed by atoms with van der Waals surface area (Å²) in [5.41, 5.74) is 2.02. The lowest BCUT2D eigenvalue weighted by Crippen LogP contribution is -2.17. The highest BCUT2D eigenvalue weighted by Crippen LogP contribution is 2.26. The summed E-state index contributed by atoms with van der Waals surface area (Å²) in [4.78, 5) is 9.10. The van der Waals surface area contributed by atoms with E-state index in [1.165, 1.54) is 0 Å². The highest BCUT2D eigenvalue weighted by Gasteiger charge is 2.28. The van der Waals surface area contributed by atoms with E-state index in [2.05, 4.69) is 43.7 Å². The van der Waals surface area contributed by atoms with Crippen molar-refractivity contribution in [2.24, 2.45) is 4.99 Å². The van der Waals surface area contributed by atoms with Gasteiger partial charge in [-0.25, -0.2) is 4.99 Å². The minimum Gasteiger partial charge on any atom is -0.475 e. The maximum absolute atomic E-state index is 5.70. The highest BCUT2D eigenvalue weighted by molar-refractivity contribution is 5.96. The van der Waals surface area contributed by atoms with Gasteiger partial charge in [-0.05, 0) is 38.3 Å². The second-order valence-electron chi connectivity index (χ2n) is 5.26. The first kappa shape index (κ1) is 12.1. The Morgan fingerprint density at radius 3 is 2.82 bits per heavy atom. The zero-order valence-electron chi connectivity index (χ0n) is 11.0. The summed E-state index contributed by atoms with van der Waals surface area (Å²) < 4.78 is 5.70. The molecule has 1 atom stereocenters. The molecule has 0 amide bonds. The average Bonchev–Trinajstić information content (AvgIpc) is 2.68. The molecule has 2 heterocycles. The van der Waals surface area contributed by atoms with E-state index in [9.17, 15) is 0 Å². The van der Waals surface area contributed by atoms with Crippen LogP contribution in [0.5, 0.6) is 0 Å². The minimum atomic E-state index is -0.113. The molecule has 0 saturated heterocycles. The third-order valence-electron chi connectivity index (χ3n) is 3.11. The largest absolute Gasteiger partial charge is 0.475 e. The zero-order chi connectivity index (χ0) is 12.5. The number of aliphatic imine (C=N–C) groups is 1. The van der Waals surface area contributed by atoms with Gasteiger partial charge in [-0.15, -0.1) is 0 Å². The van der Waals surface area contributed by atoms with Crippen LogP contribution in [-0.4, -0.2) is 23.0 Å². The van der Waals surface area contributed by atoms with E-state index < -0.39 is 0 Å². The van der Waals surface area contributed by atoms with E-state index in [1.807, 2.05) is 12.3 Å². The van der Waals surface area contributed by atoms with Crippen LogP contribution in [0.1, 0.15) is 51.3 Å². The molecule has 0 N–H and O–H groups in total. The Kier molecular flexibility index (Phi) is 3.18. The molecular weight excluding hydrogens is 212 g/mol. The van der Waals surface area contributed by atoms with Gasteiger partial charge in [0.05, 0.1) is 16.8 Å². The van der Waals surface area contributed by atoms with E-state index in [4.69, 9.17) is 4.74 Å². The molecular formula is C14H20N2O. The van der Waals surface area contributed by atoms with Crippen LogP contribution in [0.3, 0.4) is 0 Å². The third kappa shape index (κ3) is 2.48. The first-order valence-corrected chi connectivity index (χ1v) is 6.21. The summed E-state index contributed by atoms with van der Waals surface area (Å²) in [6.07, 6.45) is 2.91. The Balaban J connectivity index is 2.40. The number of nitrogens with zero attached hydrogens (tertiary/aromatic N) is 2. The van der Waals surface area contributed by atoms with E-state index in [0.29, 0.717) is 12.5 Å². The Morgan fingerprint density at radius 2 is 2.24 bits per heavy atom. The molecule has 0 bridgehead atoms. The molecule has 0 fully saturated rings. The Labute approximate surface area is 103 Å². The molecule has 2 rings (SSSR count). The van der Waals surface area contributed by atoms with E-state index in [0.717, 1.165) is 23.6 Å². The van der Waals surface area contributed by atoms with Gasteiger partial charge in [-0.2, -0.15) is 0 Å². The van der Waals surface area contributed by atoms with Crippen molar-refractivity contribution in [3.8, 4) is 0 Å². The van der Waals surface area contributed by atoms with Gasteiger partial charge in [0.1, 0.15) is 6.61 Å². The molecule has 17 heavy (non-hydrogen) atoms. The van der Waals surface area contributed by atoms with Crippen molar-refractivity contribution in [2.45, 2.75) is 45.6 Å². The maximum atomic E-state index is 5.70. The molecule has 0 radical (unpaired) electrons. The number of hydrogen-bond donors (Lipinski definition) is 0. The number of aromatic nitrogens is 1. The maximum Gasteiger partial charge on any atom is 0.218 e. The fourth-order valence-electron chi connectivity index (χ4n) is 1.91. The van der Waals surface area contributed by atoms with Crippen molar-refractivity contribution in [1.29, 1.82) is 0 Å². The summed E-state index contributed by atoms with van der Waals surface area (Å²) in [5, 5.41) is 0. The quantitative estimate of drug-likeness (QED) is 0.802. The summed E-state index contributed by atoms with van der Waals surface area (Å²) in [6.45, 7) is 9.17. The molecule has 1 aromatic rings. The van der Waals surface area contributed by atoms with Gasteiger partial charge in [0.2, 0.25) is 5.90 Å². The molecule has 0 saturated carbocycles. The van der Waals surface area contributed by atoms with Gasteiger partial charge in [-0.1, -0.05) is 13.8 Å². The van der Waals surface area contributed by atoms with E-state index in [-0.39, 0.29) is 5.54 Å². The number of pyridine rings is 1. The van der Waals surface area contributed by atoms with Crippen LogP contribution in [0.15, 0.2) is 23.3 Å². The predicted molar refractivity (Wildman–Crippen MR) is 69.5 cm³/mol. The lowest BCUT2D eigenvalue weighted by Gasteiger charge is -2.12. The molecule has 0 aromatic carbocycles. The van der Waals surface area contributed by atoms with Crippen LogP contribution in [0, 0.1) is 0 Å². The topological polar surface area (TPSA) is 34.5 Å². The molecule has 3 heteroatoms. The van der Waals surface area contributed by atoms with Gasteiger partial charge in [0.25, 0.3) is 0 Å². The van der Waals surface area contributed by atoms with Crippen molar-refractivity contribution in [3.05, 3.63) is 29.6 Å². The smallest absolute Gasteiger partial charge is 0.218 e. The van der Waals surface area contributed by atoms with Crippen LogP contribution in [0.2, 0.25) is 0 Å². The molecule has 3 nitrogen and oxygen atoms in total. The highest BCUT2D eigenvalue weighted by atomic mass is 16.5. The second kappa shape index (κ2) is 4.47. The predicted octanol–water partition coefficient (Wildman–Crippen LogP) is 3.15. The summed E-state index contributed by atoms with van der Waals surface area (Å²) in [7, 11) is 0. The summed E-state index contributed by atoms with van der Waals surface area (Å²) in [5.74, 6) is 1.18. The fraction of sp³-hybridized carbons (Fsp3) is 0.571. The monoisotopic (exact) mass is 232 g/mol. The van der Waals surface area contributed by atoms with Gasteiger partial charge in [0.15, 0.2) is 0 Å². The van der Waals surface area contributed by atoms with Crippen molar-refractivity contribution in [3.63, 3.8) is 0 Å². The fourth-order valence-corrected chi connectivity index (χ4v) is 1.91. The number of hydrogen-bond acceptors (Lipinski definition) is 3. The SMILES string of the molecule is CCC(C)c1ncccc1C1=NC(C)(C)CO1. The Hall–Kier alpha value is -1.38. The molecule has 1 aliphatic heterocycles. The minimum absolute atomic E-state index is 0.113. The standard InChI is InChI=1S/C14H20N2O/c1-5-10(2)12-11(7-6-8-15-12)13-16-14(3,4)9-17-13/h6-8,10H,5,9H2,1-4H3. The molecule has 0 spiro atoms. The van der Waals surface area contributed by atoms with Crippen LogP contribution >= 0.6 is 0 Å². The zero-order valence-corrected chi connectivity index (χ0v) is 11.0. The van der Waals surface area contributed by atoms with Crippen molar-refractivity contribution >= 4 is 5.90 Å². The molecule has 0 aliphatic carbocycles. The van der Waals surface area contributed by atoms with Crippen LogP contribution in [-0.2, 0) is 4.74 Å². The van der Waals surface area contributed by atoms with Crippen LogP contribution in [0.4, 0.5) is 0 Å². The van der Waals surface area contributed by atoms with E-state index in [1.54, 1.807) is 0 Å². The molecule has 1 unspecified atom stereocenters. The van der Waals surface area contributed by atoms with Gasteiger partial charge in [-0.3, -0.25) is 4.98 Å². The van der Waals surface area contributed by atoms with Crippen molar-refractivity contribution in [1.82, 2.24) is 4.98 Å². The average molecular weight is 232 g/mol. The summed E-state index contributed by atoms with van der Waals surface area (Å²) >= 11 is 0. The molecule has 92 valence electrons. The third-order valence-corrected chi connectivity index (χ3v) is 3.11. The first-order chi connectivity index (χ1) is 8.03. The van der Waals surface area contributed by atoms with Crippen LogP contribution in [0.25, 0.3) is 0 Å². The van der Waals surface area contributed by atoms with Crippen molar-refractivity contribution < 1.29 is 4.74 Å². The number of ether oxygens (including phenoxy) is 1. The first-order valence-electron chi connectivity index (χ1n) is 6.21. The number of rotatable bonds is 3. The molecule has 1 aromatic heterocycles. The molecule has 1 aliphatic rings. The van der Waals surface area contributed by atoms with E-state index >= 15 is 0 Å². The Bertz CT molecular complexity index is 438. The van der Waals surface area contributed by atoms with Gasteiger partial charge >= 0.3 is 0 Å². The van der Waals surface area contributed by atoms with Crippen LogP contribution < -0.4 is 0 Å². The van der Waals surface area contributed by atoms with Gasteiger partial charge < -0.3 is 4.74 Å². The lowest BCUT2D eigenvalue weighted by molar-refractivity contribution is 0.279. The normalized spacial score (nSPS) is 19.6. The lowest BCUT2D eigenvalue weighted by atomic mass is 9.99. The Morgan fingerprint density at radius 1 is 1.47 bits per heavy atom. The van der Waals surface area contributed by atoms with Gasteiger partial charge in [0, 0.05) is 6.20 Å². The second-order valence-corrected chi connectivity index (χ2v) is 5.26. The summed E-state index contributed by atoms with van der Waals surface area (Å²) in [6, 6.07) is 3.99. The van der Waals surface area contributed by atoms with Crippen molar-refractivity contribution in [2.75, 3.05) is 6.61 Å².